The molecule has 2 aliphatic heterocycles. The molecule has 0 bridgehead atoms. The summed E-state index contributed by atoms with van der Waals surface area (Å²) in [6, 6.07) is 6.88. The van der Waals surface area contributed by atoms with Gasteiger partial charge in [-0.25, -0.2) is 9.59 Å². The number of rotatable bonds is 6. The molecule has 2 heterocycles. The van der Waals surface area contributed by atoms with Crippen molar-refractivity contribution in [1.82, 2.24) is 15.5 Å². The summed E-state index contributed by atoms with van der Waals surface area (Å²) in [5.41, 5.74) is 1.85. The van der Waals surface area contributed by atoms with E-state index in [0.29, 0.717) is 29.6 Å². The highest BCUT2D eigenvalue weighted by atomic mass is 16.5. The van der Waals surface area contributed by atoms with Gasteiger partial charge in [0.2, 0.25) is 0 Å². The Bertz CT molecular complexity index is 762. The lowest BCUT2D eigenvalue weighted by atomic mass is 9.94. The Morgan fingerprint density at radius 3 is 2.86 bits per heavy atom. The van der Waals surface area contributed by atoms with Crippen LogP contribution in [0.3, 0.4) is 0 Å². The van der Waals surface area contributed by atoms with Gasteiger partial charge in [0.1, 0.15) is 5.75 Å². The highest BCUT2D eigenvalue weighted by Crippen LogP contribution is 2.31. The molecule has 0 aromatic heterocycles. The predicted molar refractivity (Wildman–Crippen MR) is 106 cm³/mol. The number of urea groups is 1. The number of methoxy groups -OCH3 is 1. The minimum absolute atomic E-state index is 0.272. The third kappa shape index (κ3) is 4.47. The van der Waals surface area contributed by atoms with Crippen LogP contribution in [0.4, 0.5) is 4.79 Å². The Morgan fingerprint density at radius 2 is 2.14 bits per heavy atom. The average molecular weight is 387 g/mol. The quantitative estimate of drug-likeness (QED) is 0.734. The van der Waals surface area contributed by atoms with E-state index in [4.69, 9.17) is 9.47 Å². The Kier molecular flexibility index (Phi) is 6.57. The molecule has 152 valence electrons. The fraction of sp³-hybridized carbons (Fsp3) is 0.524. The molecule has 2 aliphatic rings. The van der Waals surface area contributed by atoms with Crippen LogP contribution in [-0.4, -0.2) is 49.7 Å². The topological polar surface area (TPSA) is 79.9 Å². The smallest absolute Gasteiger partial charge is 0.338 e. The largest absolute Gasteiger partial charge is 0.497 e. The van der Waals surface area contributed by atoms with Crippen molar-refractivity contribution in [1.29, 1.82) is 0 Å². The van der Waals surface area contributed by atoms with Gasteiger partial charge in [0, 0.05) is 18.3 Å². The zero-order valence-corrected chi connectivity index (χ0v) is 16.8. The van der Waals surface area contributed by atoms with E-state index in [1.165, 1.54) is 6.42 Å². The molecule has 0 spiro atoms. The lowest BCUT2D eigenvalue weighted by molar-refractivity contribution is -0.139. The van der Waals surface area contributed by atoms with Gasteiger partial charge in [0.25, 0.3) is 0 Å². The molecule has 7 heteroatoms. The number of carbonyl (C=O) groups excluding carboxylic acids is 2. The zero-order valence-electron chi connectivity index (χ0n) is 16.8. The second kappa shape index (κ2) is 9.10. The number of ether oxygens (including phenoxy) is 2. The number of nitrogens with zero attached hydrogens (tertiary/aromatic N) is 1. The van der Waals surface area contributed by atoms with Crippen LogP contribution in [0.25, 0.3) is 0 Å². The summed E-state index contributed by atoms with van der Waals surface area (Å²) in [7, 11) is 1.59. The van der Waals surface area contributed by atoms with Gasteiger partial charge in [-0.3, -0.25) is 4.90 Å². The van der Waals surface area contributed by atoms with Crippen LogP contribution in [-0.2, 0) is 9.53 Å². The standard InChI is InChI=1S/C21H29N3O4/c1-4-28-20(25)18-17(13-24-11-6-5-8-14(24)2)22-21(26)23-19(18)15-9-7-10-16(12-15)27-3/h7,9-10,12,14,19H,4-6,8,11,13H2,1-3H3,(H2,22,23,26)/t14-,19+/m1/s1. The van der Waals surface area contributed by atoms with Gasteiger partial charge in [-0.05, 0) is 50.9 Å². The second-order valence-corrected chi connectivity index (χ2v) is 7.24. The van der Waals surface area contributed by atoms with Crippen molar-refractivity contribution in [2.75, 3.05) is 26.8 Å². The number of piperidine rings is 1. The van der Waals surface area contributed by atoms with Crippen molar-refractivity contribution in [3.63, 3.8) is 0 Å². The third-order valence-electron chi connectivity index (χ3n) is 5.38. The highest BCUT2D eigenvalue weighted by molar-refractivity contribution is 5.95. The van der Waals surface area contributed by atoms with E-state index in [-0.39, 0.29) is 12.6 Å². The van der Waals surface area contributed by atoms with E-state index in [9.17, 15) is 9.59 Å². The van der Waals surface area contributed by atoms with Crippen LogP contribution in [0.1, 0.15) is 44.7 Å². The van der Waals surface area contributed by atoms with E-state index < -0.39 is 12.0 Å². The van der Waals surface area contributed by atoms with Gasteiger partial charge in [-0.1, -0.05) is 18.6 Å². The Balaban J connectivity index is 2.00. The average Bonchev–Trinajstić information content (AvgIpc) is 2.69. The lowest BCUT2D eigenvalue weighted by Gasteiger charge is -2.36. The second-order valence-electron chi connectivity index (χ2n) is 7.24. The number of benzene rings is 1. The summed E-state index contributed by atoms with van der Waals surface area (Å²) in [5.74, 6) is 0.252. The van der Waals surface area contributed by atoms with Gasteiger partial charge in [0.15, 0.2) is 0 Å². The van der Waals surface area contributed by atoms with Crippen LogP contribution in [0.15, 0.2) is 35.5 Å². The maximum absolute atomic E-state index is 12.9. The molecular weight excluding hydrogens is 358 g/mol. The number of likely N-dealkylation sites (tertiary alicyclic amines) is 1. The van der Waals surface area contributed by atoms with E-state index in [1.54, 1.807) is 14.0 Å². The molecular formula is C21H29N3O4. The van der Waals surface area contributed by atoms with Crippen LogP contribution in [0.2, 0.25) is 0 Å². The van der Waals surface area contributed by atoms with Crippen molar-refractivity contribution < 1.29 is 19.1 Å². The summed E-state index contributed by atoms with van der Waals surface area (Å²) >= 11 is 0. The van der Waals surface area contributed by atoms with Crippen molar-refractivity contribution in [2.45, 2.75) is 45.2 Å². The summed E-state index contributed by atoms with van der Waals surface area (Å²) in [4.78, 5) is 27.6. The molecule has 1 aromatic carbocycles. The van der Waals surface area contributed by atoms with Crippen molar-refractivity contribution in [2.24, 2.45) is 0 Å². The minimum atomic E-state index is -0.585. The first-order chi connectivity index (χ1) is 13.5. The van der Waals surface area contributed by atoms with Gasteiger partial charge in [-0.2, -0.15) is 0 Å². The first-order valence-corrected chi connectivity index (χ1v) is 9.89. The monoisotopic (exact) mass is 387 g/mol. The fourth-order valence-corrected chi connectivity index (χ4v) is 3.86. The number of carbonyl (C=O) groups is 2. The predicted octanol–water partition coefficient (Wildman–Crippen LogP) is 2.74. The zero-order chi connectivity index (χ0) is 20.1. The molecule has 2 atom stereocenters. The van der Waals surface area contributed by atoms with Crippen LogP contribution >= 0.6 is 0 Å². The molecule has 0 unspecified atom stereocenters. The number of esters is 1. The third-order valence-corrected chi connectivity index (χ3v) is 5.38. The normalized spacial score (nSPS) is 23.0. The summed E-state index contributed by atoms with van der Waals surface area (Å²) < 4.78 is 10.6. The first-order valence-electron chi connectivity index (χ1n) is 9.89. The van der Waals surface area contributed by atoms with Crippen LogP contribution < -0.4 is 15.4 Å². The van der Waals surface area contributed by atoms with Gasteiger partial charge < -0.3 is 20.1 Å². The number of hydrogen-bond acceptors (Lipinski definition) is 5. The number of nitrogens with one attached hydrogen (secondary N) is 2. The van der Waals surface area contributed by atoms with Crippen LogP contribution in [0.5, 0.6) is 5.75 Å². The maximum Gasteiger partial charge on any atom is 0.338 e. The van der Waals surface area contributed by atoms with Gasteiger partial charge >= 0.3 is 12.0 Å². The van der Waals surface area contributed by atoms with E-state index >= 15 is 0 Å². The molecule has 0 aliphatic carbocycles. The van der Waals surface area contributed by atoms with Gasteiger partial charge in [-0.15, -0.1) is 0 Å². The fourth-order valence-electron chi connectivity index (χ4n) is 3.86. The van der Waals surface area contributed by atoms with Gasteiger partial charge in [0.05, 0.1) is 25.3 Å². The molecule has 2 N–H and O–H groups in total. The molecule has 0 radical (unpaired) electrons. The molecule has 1 aromatic rings. The molecule has 3 rings (SSSR count). The van der Waals surface area contributed by atoms with E-state index in [0.717, 1.165) is 24.9 Å². The van der Waals surface area contributed by atoms with E-state index in [2.05, 4.69) is 22.5 Å². The Labute approximate surface area is 166 Å². The van der Waals surface area contributed by atoms with Crippen molar-refractivity contribution >= 4 is 12.0 Å². The minimum Gasteiger partial charge on any atom is -0.497 e. The first kappa shape index (κ1) is 20.2. The maximum atomic E-state index is 12.9. The Hall–Kier alpha value is -2.54. The molecule has 1 saturated heterocycles. The molecule has 7 nitrogen and oxygen atoms in total. The van der Waals surface area contributed by atoms with Crippen LogP contribution in [0, 0.1) is 0 Å². The Morgan fingerprint density at radius 1 is 1.32 bits per heavy atom. The SMILES string of the molecule is CCOC(=O)C1=C(CN2CCCC[C@H]2C)NC(=O)N[C@H]1c1cccc(OC)c1. The molecule has 28 heavy (non-hydrogen) atoms. The highest BCUT2D eigenvalue weighted by Gasteiger charge is 2.35. The van der Waals surface area contributed by atoms with Crippen molar-refractivity contribution in [3.05, 3.63) is 41.1 Å². The summed E-state index contributed by atoms with van der Waals surface area (Å²) in [6.07, 6.45) is 3.45. The summed E-state index contributed by atoms with van der Waals surface area (Å²) in [5, 5.41) is 5.73. The van der Waals surface area contributed by atoms with E-state index in [1.807, 2.05) is 24.3 Å². The number of hydrogen-bond donors (Lipinski definition) is 2. The summed E-state index contributed by atoms with van der Waals surface area (Å²) in [6.45, 7) is 5.71. The number of amides is 2. The molecule has 2 amide bonds. The molecule has 1 fully saturated rings. The van der Waals surface area contributed by atoms with Crippen molar-refractivity contribution in [3.8, 4) is 5.75 Å². The molecule has 0 saturated carbocycles. The lowest BCUT2D eigenvalue weighted by Crippen LogP contribution is -2.50.